The summed E-state index contributed by atoms with van der Waals surface area (Å²) in [6.07, 6.45) is 3.81. The summed E-state index contributed by atoms with van der Waals surface area (Å²) >= 11 is 0. The maximum Gasteiger partial charge on any atom is 0.223 e. The molecule has 0 unspecified atom stereocenters. The Balaban J connectivity index is 2.49. The van der Waals surface area contributed by atoms with Crippen molar-refractivity contribution >= 4 is 11.8 Å². The Labute approximate surface area is 97.0 Å². The lowest BCUT2D eigenvalue weighted by atomic mass is 9.69. The van der Waals surface area contributed by atoms with Gasteiger partial charge in [0.25, 0.3) is 0 Å². The van der Waals surface area contributed by atoms with E-state index in [1.807, 2.05) is 13.8 Å². The highest BCUT2D eigenvalue weighted by Crippen LogP contribution is 2.37. The Bertz CT molecular complexity index is 279. The van der Waals surface area contributed by atoms with Crippen molar-refractivity contribution in [2.75, 3.05) is 0 Å². The van der Waals surface area contributed by atoms with Crippen LogP contribution >= 0.6 is 0 Å². The van der Waals surface area contributed by atoms with E-state index in [1.54, 1.807) is 6.92 Å². The third-order valence-electron chi connectivity index (χ3n) is 3.79. The van der Waals surface area contributed by atoms with Crippen molar-refractivity contribution in [1.29, 1.82) is 0 Å². The second-order valence-electron chi connectivity index (χ2n) is 5.34. The monoisotopic (exact) mass is 226 g/mol. The molecule has 1 aliphatic carbocycles. The average Bonchev–Trinajstić information content (AvgIpc) is 2.17. The molecule has 1 rings (SSSR count). The minimum absolute atomic E-state index is 0.0256. The molecule has 0 bridgehead atoms. The molecule has 16 heavy (non-hydrogen) atoms. The number of hydrogen-bond donors (Lipinski definition) is 2. The number of nitrogens with one attached hydrogen (secondary N) is 1. The maximum absolute atomic E-state index is 11.3. The first-order chi connectivity index (χ1) is 7.34. The lowest BCUT2D eigenvalue weighted by molar-refractivity contribution is -0.130. The van der Waals surface area contributed by atoms with Crippen molar-refractivity contribution in [3.63, 3.8) is 0 Å². The van der Waals surface area contributed by atoms with E-state index < -0.39 is 5.41 Å². The van der Waals surface area contributed by atoms with Crippen molar-refractivity contribution in [1.82, 2.24) is 5.32 Å². The molecular formula is C12H22N2O2. The largest absolute Gasteiger partial charge is 0.369 e. The van der Waals surface area contributed by atoms with Gasteiger partial charge in [-0.15, -0.1) is 0 Å². The standard InChI is InChI=1S/C12H22N2O2/c1-8(15)14-10-6-4-9(5-7-10)12(2,3)11(13)16/h9-10H,4-7H2,1-3H3,(H2,13,16)(H,14,15)/t9-,10-. The molecule has 1 saturated carbocycles. The van der Waals surface area contributed by atoms with Gasteiger partial charge in [-0.3, -0.25) is 9.59 Å². The maximum atomic E-state index is 11.3. The van der Waals surface area contributed by atoms with E-state index in [0.717, 1.165) is 25.7 Å². The van der Waals surface area contributed by atoms with Crippen LogP contribution in [0.5, 0.6) is 0 Å². The first kappa shape index (κ1) is 13.0. The van der Waals surface area contributed by atoms with Gasteiger partial charge in [-0.2, -0.15) is 0 Å². The molecule has 4 nitrogen and oxygen atoms in total. The van der Waals surface area contributed by atoms with E-state index in [9.17, 15) is 9.59 Å². The van der Waals surface area contributed by atoms with Gasteiger partial charge in [-0.25, -0.2) is 0 Å². The van der Waals surface area contributed by atoms with E-state index in [2.05, 4.69) is 5.32 Å². The van der Waals surface area contributed by atoms with Crippen LogP contribution in [0.4, 0.5) is 0 Å². The molecule has 3 N–H and O–H groups in total. The predicted molar refractivity (Wildman–Crippen MR) is 62.5 cm³/mol. The van der Waals surface area contributed by atoms with E-state index in [4.69, 9.17) is 5.73 Å². The van der Waals surface area contributed by atoms with Crippen LogP contribution in [0.3, 0.4) is 0 Å². The fourth-order valence-electron chi connectivity index (χ4n) is 2.45. The summed E-state index contributed by atoms with van der Waals surface area (Å²) in [5.74, 6) is 0.142. The zero-order chi connectivity index (χ0) is 12.3. The smallest absolute Gasteiger partial charge is 0.223 e. The van der Waals surface area contributed by atoms with Gasteiger partial charge in [0.05, 0.1) is 0 Å². The van der Waals surface area contributed by atoms with Gasteiger partial charge < -0.3 is 11.1 Å². The normalized spacial score (nSPS) is 26.2. The Kier molecular flexibility index (Phi) is 3.94. The zero-order valence-corrected chi connectivity index (χ0v) is 10.4. The molecule has 0 aromatic heterocycles. The zero-order valence-electron chi connectivity index (χ0n) is 10.4. The highest BCUT2D eigenvalue weighted by Gasteiger charge is 2.37. The third-order valence-corrected chi connectivity index (χ3v) is 3.79. The van der Waals surface area contributed by atoms with Gasteiger partial charge in [-0.1, -0.05) is 13.8 Å². The van der Waals surface area contributed by atoms with Crippen LogP contribution in [0.1, 0.15) is 46.5 Å². The molecule has 92 valence electrons. The van der Waals surface area contributed by atoms with Gasteiger partial charge >= 0.3 is 0 Å². The molecule has 0 heterocycles. The summed E-state index contributed by atoms with van der Waals surface area (Å²) in [5.41, 5.74) is 4.98. The van der Waals surface area contributed by atoms with Gasteiger partial charge in [0, 0.05) is 18.4 Å². The number of primary amides is 1. The Morgan fingerprint density at radius 1 is 1.19 bits per heavy atom. The van der Waals surface area contributed by atoms with Gasteiger partial charge in [0.15, 0.2) is 0 Å². The van der Waals surface area contributed by atoms with Crippen LogP contribution in [-0.4, -0.2) is 17.9 Å². The number of carbonyl (C=O) groups is 2. The summed E-state index contributed by atoms with van der Waals surface area (Å²) in [6.45, 7) is 5.37. The Morgan fingerprint density at radius 3 is 2.06 bits per heavy atom. The average molecular weight is 226 g/mol. The SMILES string of the molecule is CC(=O)N[C@H]1CC[C@H](C(C)(C)C(N)=O)CC1. The number of nitrogens with two attached hydrogens (primary N) is 1. The van der Waals surface area contributed by atoms with Crippen LogP contribution in [0.2, 0.25) is 0 Å². The molecule has 0 aromatic carbocycles. The summed E-state index contributed by atoms with van der Waals surface area (Å²) < 4.78 is 0. The molecule has 2 amide bonds. The molecule has 1 fully saturated rings. The molecule has 0 saturated heterocycles. The van der Waals surface area contributed by atoms with Crippen molar-refractivity contribution < 1.29 is 9.59 Å². The van der Waals surface area contributed by atoms with Crippen molar-refractivity contribution in [2.45, 2.75) is 52.5 Å². The fourth-order valence-corrected chi connectivity index (χ4v) is 2.45. The first-order valence-corrected chi connectivity index (χ1v) is 5.91. The van der Waals surface area contributed by atoms with Gasteiger partial charge in [0.2, 0.25) is 11.8 Å². The van der Waals surface area contributed by atoms with Crippen LogP contribution in [0, 0.1) is 11.3 Å². The van der Waals surface area contributed by atoms with E-state index in [-0.39, 0.29) is 17.9 Å². The van der Waals surface area contributed by atoms with E-state index >= 15 is 0 Å². The topological polar surface area (TPSA) is 72.2 Å². The molecule has 4 heteroatoms. The first-order valence-electron chi connectivity index (χ1n) is 5.91. The van der Waals surface area contributed by atoms with Crippen LogP contribution < -0.4 is 11.1 Å². The van der Waals surface area contributed by atoms with Crippen LogP contribution in [0.15, 0.2) is 0 Å². The summed E-state index contributed by atoms with van der Waals surface area (Å²) in [7, 11) is 0. The minimum Gasteiger partial charge on any atom is -0.369 e. The highest BCUT2D eigenvalue weighted by atomic mass is 16.2. The number of hydrogen-bond acceptors (Lipinski definition) is 2. The van der Waals surface area contributed by atoms with E-state index in [1.165, 1.54) is 0 Å². The van der Waals surface area contributed by atoms with Crippen molar-refractivity contribution in [3.8, 4) is 0 Å². The fraction of sp³-hybridized carbons (Fsp3) is 0.833. The minimum atomic E-state index is -0.429. The van der Waals surface area contributed by atoms with E-state index in [0.29, 0.717) is 5.92 Å². The molecule has 1 aliphatic rings. The lowest BCUT2D eigenvalue weighted by Gasteiger charge is -2.37. The quantitative estimate of drug-likeness (QED) is 0.758. The predicted octanol–water partition coefficient (Wildman–Crippen LogP) is 1.19. The molecule has 0 spiro atoms. The molecule has 0 aromatic rings. The number of rotatable bonds is 3. The van der Waals surface area contributed by atoms with Crippen LogP contribution in [0.25, 0.3) is 0 Å². The summed E-state index contributed by atoms with van der Waals surface area (Å²) in [4.78, 5) is 22.2. The lowest BCUT2D eigenvalue weighted by Crippen LogP contribution is -2.43. The van der Waals surface area contributed by atoms with Gasteiger partial charge in [0.1, 0.15) is 0 Å². The van der Waals surface area contributed by atoms with Crippen molar-refractivity contribution in [3.05, 3.63) is 0 Å². The van der Waals surface area contributed by atoms with Gasteiger partial charge in [-0.05, 0) is 31.6 Å². The molecule has 0 aliphatic heterocycles. The second-order valence-corrected chi connectivity index (χ2v) is 5.34. The van der Waals surface area contributed by atoms with Crippen LogP contribution in [-0.2, 0) is 9.59 Å². The Morgan fingerprint density at radius 2 is 1.69 bits per heavy atom. The molecular weight excluding hydrogens is 204 g/mol. The summed E-state index contributed by atoms with van der Waals surface area (Å²) in [6, 6.07) is 0.275. The number of carbonyl (C=O) groups excluding carboxylic acids is 2. The molecule has 0 atom stereocenters. The molecule has 0 radical (unpaired) electrons. The summed E-state index contributed by atoms with van der Waals surface area (Å²) in [5, 5.41) is 2.93. The third kappa shape index (κ3) is 2.97. The highest BCUT2D eigenvalue weighted by molar-refractivity contribution is 5.80. The second kappa shape index (κ2) is 4.85. The Hall–Kier alpha value is -1.06. The number of amides is 2. The van der Waals surface area contributed by atoms with Crippen molar-refractivity contribution in [2.24, 2.45) is 17.1 Å².